The van der Waals surface area contributed by atoms with Crippen LogP contribution in [0.2, 0.25) is 0 Å². The number of pyridine rings is 1. The van der Waals surface area contributed by atoms with Gasteiger partial charge in [-0.25, -0.2) is 13.1 Å². The van der Waals surface area contributed by atoms with Crippen molar-refractivity contribution in [2.45, 2.75) is 32.1 Å². The number of anilines is 1. The molecule has 0 saturated heterocycles. The standard InChI is InChI=1S/C18H21N3O3S/c1-12(2)25(23,24)20-10-13-6-16(11-19-9-13)14-4-5-17-15(7-14)8-18(22)21(17)3/h4-7,9,11-12,20H,8,10H2,1-3H3. The highest BCUT2D eigenvalue weighted by Gasteiger charge is 2.24. The van der Waals surface area contributed by atoms with Crippen LogP contribution in [0.5, 0.6) is 0 Å². The first kappa shape index (κ1) is 17.6. The number of nitrogens with one attached hydrogen (secondary N) is 1. The Balaban J connectivity index is 1.83. The quantitative estimate of drug-likeness (QED) is 0.887. The predicted octanol–water partition coefficient (Wildman–Crippen LogP) is 2.10. The molecule has 2 heterocycles. The van der Waals surface area contributed by atoms with Gasteiger partial charge in [0, 0.05) is 37.2 Å². The van der Waals surface area contributed by atoms with Gasteiger partial charge in [0.2, 0.25) is 15.9 Å². The summed E-state index contributed by atoms with van der Waals surface area (Å²) in [5.74, 6) is 0.0853. The minimum Gasteiger partial charge on any atom is -0.315 e. The van der Waals surface area contributed by atoms with E-state index in [4.69, 9.17) is 0 Å². The molecule has 0 atom stereocenters. The van der Waals surface area contributed by atoms with Gasteiger partial charge in [-0.1, -0.05) is 6.07 Å². The average molecular weight is 359 g/mol. The van der Waals surface area contributed by atoms with E-state index in [0.29, 0.717) is 6.42 Å². The van der Waals surface area contributed by atoms with Crippen molar-refractivity contribution in [3.63, 3.8) is 0 Å². The van der Waals surface area contributed by atoms with Crippen LogP contribution in [0.15, 0.2) is 36.7 Å². The van der Waals surface area contributed by atoms with Crippen LogP contribution in [-0.2, 0) is 27.8 Å². The summed E-state index contributed by atoms with van der Waals surface area (Å²) in [6.45, 7) is 3.48. The van der Waals surface area contributed by atoms with Gasteiger partial charge < -0.3 is 4.90 Å². The molecule has 1 aliphatic rings. The number of carbonyl (C=O) groups excluding carboxylic acids is 1. The number of carbonyl (C=O) groups is 1. The van der Waals surface area contributed by atoms with Crippen LogP contribution in [0, 0.1) is 0 Å². The SMILES string of the molecule is CC(C)S(=O)(=O)NCc1cncc(-c2ccc3c(c2)CC(=O)N3C)c1. The summed E-state index contributed by atoms with van der Waals surface area (Å²) >= 11 is 0. The molecule has 2 aromatic rings. The second-order valence-corrected chi connectivity index (χ2v) is 8.79. The molecule has 3 rings (SSSR count). The van der Waals surface area contributed by atoms with Gasteiger partial charge in [0.15, 0.2) is 0 Å². The maximum absolute atomic E-state index is 11.9. The summed E-state index contributed by atoms with van der Waals surface area (Å²) in [7, 11) is -1.54. The van der Waals surface area contributed by atoms with Gasteiger partial charge >= 0.3 is 0 Å². The minimum atomic E-state index is -3.31. The number of aromatic nitrogens is 1. The van der Waals surface area contributed by atoms with Crippen molar-refractivity contribution >= 4 is 21.6 Å². The number of sulfonamides is 1. The molecule has 1 amide bonds. The molecule has 1 aromatic carbocycles. The fourth-order valence-electron chi connectivity index (χ4n) is 2.74. The molecule has 1 aromatic heterocycles. The molecule has 0 aliphatic carbocycles. The molecule has 132 valence electrons. The maximum Gasteiger partial charge on any atom is 0.231 e. The van der Waals surface area contributed by atoms with Crippen LogP contribution < -0.4 is 9.62 Å². The largest absolute Gasteiger partial charge is 0.315 e. The molecule has 0 radical (unpaired) electrons. The number of amides is 1. The summed E-state index contributed by atoms with van der Waals surface area (Å²) in [4.78, 5) is 17.7. The van der Waals surface area contributed by atoms with Crippen molar-refractivity contribution in [3.05, 3.63) is 47.8 Å². The van der Waals surface area contributed by atoms with Crippen molar-refractivity contribution in [1.82, 2.24) is 9.71 Å². The van der Waals surface area contributed by atoms with Crippen LogP contribution >= 0.6 is 0 Å². The molecule has 25 heavy (non-hydrogen) atoms. The van der Waals surface area contributed by atoms with E-state index in [0.717, 1.165) is 27.9 Å². The Morgan fingerprint density at radius 2 is 1.96 bits per heavy atom. The Morgan fingerprint density at radius 1 is 1.20 bits per heavy atom. The summed E-state index contributed by atoms with van der Waals surface area (Å²) < 4.78 is 26.3. The van der Waals surface area contributed by atoms with Gasteiger partial charge in [0.05, 0.1) is 11.7 Å². The first-order valence-electron chi connectivity index (χ1n) is 8.10. The third-order valence-electron chi connectivity index (χ3n) is 4.38. The third kappa shape index (κ3) is 3.57. The molecule has 6 nitrogen and oxygen atoms in total. The van der Waals surface area contributed by atoms with Crippen molar-refractivity contribution in [1.29, 1.82) is 0 Å². The lowest BCUT2D eigenvalue weighted by atomic mass is 10.0. The zero-order valence-electron chi connectivity index (χ0n) is 14.5. The maximum atomic E-state index is 11.9. The van der Waals surface area contributed by atoms with E-state index in [-0.39, 0.29) is 12.5 Å². The average Bonchev–Trinajstić information content (AvgIpc) is 2.87. The van der Waals surface area contributed by atoms with E-state index >= 15 is 0 Å². The minimum absolute atomic E-state index is 0.0853. The van der Waals surface area contributed by atoms with Gasteiger partial charge in [-0.05, 0) is 48.7 Å². The smallest absolute Gasteiger partial charge is 0.231 e. The molecular weight excluding hydrogens is 338 g/mol. The number of benzene rings is 1. The van der Waals surface area contributed by atoms with Gasteiger partial charge in [0.25, 0.3) is 0 Å². The van der Waals surface area contributed by atoms with Gasteiger partial charge in [-0.15, -0.1) is 0 Å². The van der Waals surface area contributed by atoms with Crippen LogP contribution in [0.1, 0.15) is 25.0 Å². The fraction of sp³-hybridized carbons (Fsp3) is 0.333. The first-order chi connectivity index (χ1) is 11.8. The van der Waals surface area contributed by atoms with E-state index in [2.05, 4.69) is 9.71 Å². The van der Waals surface area contributed by atoms with E-state index in [1.54, 1.807) is 38.2 Å². The van der Waals surface area contributed by atoms with Gasteiger partial charge in [0.1, 0.15) is 0 Å². The number of nitrogens with zero attached hydrogens (tertiary/aromatic N) is 2. The lowest BCUT2D eigenvalue weighted by molar-refractivity contribution is -0.117. The highest BCUT2D eigenvalue weighted by molar-refractivity contribution is 7.90. The Labute approximate surface area is 147 Å². The Hall–Kier alpha value is -2.25. The lowest BCUT2D eigenvalue weighted by Crippen LogP contribution is -2.30. The van der Waals surface area contributed by atoms with Crippen LogP contribution in [0.4, 0.5) is 5.69 Å². The van der Waals surface area contributed by atoms with Crippen LogP contribution in [0.3, 0.4) is 0 Å². The summed E-state index contributed by atoms with van der Waals surface area (Å²) in [6.07, 6.45) is 3.79. The van der Waals surface area contributed by atoms with Crippen molar-refractivity contribution in [2.75, 3.05) is 11.9 Å². The topological polar surface area (TPSA) is 79.4 Å². The second kappa shape index (κ2) is 6.57. The van der Waals surface area contributed by atoms with E-state index in [1.807, 2.05) is 24.3 Å². The van der Waals surface area contributed by atoms with Crippen molar-refractivity contribution in [2.24, 2.45) is 0 Å². The molecule has 1 N–H and O–H groups in total. The number of likely N-dealkylation sites (N-methyl/N-ethyl adjacent to an activating group) is 1. The van der Waals surface area contributed by atoms with Crippen molar-refractivity contribution < 1.29 is 13.2 Å². The monoisotopic (exact) mass is 359 g/mol. The second-order valence-electron chi connectivity index (χ2n) is 6.47. The molecule has 0 bridgehead atoms. The Bertz CT molecular complexity index is 923. The molecule has 0 saturated carbocycles. The fourth-order valence-corrected chi connectivity index (χ4v) is 3.44. The summed E-state index contributed by atoms with van der Waals surface area (Å²) in [5, 5.41) is -0.477. The Morgan fingerprint density at radius 3 is 2.68 bits per heavy atom. The van der Waals surface area contributed by atoms with E-state index in [1.165, 1.54) is 0 Å². The highest BCUT2D eigenvalue weighted by Crippen LogP contribution is 2.32. The molecule has 0 fully saturated rings. The van der Waals surface area contributed by atoms with Crippen LogP contribution in [-0.4, -0.2) is 31.6 Å². The van der Waals surface area contributed by atoms with E-state index < -0.39 is 15.3 Å². The third-order valence-corrected chi connectivity index (χ3v) is 6.17. The first-order valence-corrected chi connectivity index (χ1v) is 9.65. The number of rotatable bonds is 5. The van der Waals surface area contributed by atoms with Crippen LogP contribution in [0.25, 0.3) is 11.1 Å². The molecular formula is C18H21N3O3S. The predicted molar refractivity (Wildman–Crippen MR) is 97.7 cm³/mol. The zero-order valence-corrected chi connectivity index (χ0v) is 15.3. The molecule has 0 spiro atoms. The highest BCUT2D eigenvalue weighted by atomic mass is 32.2. The molecule has 7 heteroatoms. The number of hydrogen-bond donors (Lipinski definition) is 1. The molecule has 0 unspecified atom stereocenters. The zero-order chi connectivity index (χ0) is 18.2. The van der Waals surface area contributed by atoms with E-state index in [9.17, 15) is 13.2 Å². The Kier molecular flexibility index (Phi) is 4.62. The number of hydrogen-bond acceptors (Lipinski definition) is 4. The summed E-state index contributed by atoms with van der Waals surface area (Å²) in [6, 6.07) is 7.80. The van der Waals surface area contributed by atoms with Gasteiger partial charge in [-0.2, -0.15) is 0 Å². The van der Waals surface area contributed by atoms with Gasteiger partial charge in [-0.3, -0.25) is 9.78 Å². The molecule has 1 aliphatic heterocycles. The normalized spacial score (nSPS) is 14.2. The lowest BCUT2D eigenvalue weighted by Gasteiger charge is -2.12. The number of fused-ring (bicyclic) bond motifs is 1. The van der Waals surface area contributed by atoms with Crippen molar-refractivity contribution in [3.8, 4) is 11.1 Å². The summed E-state index contributed by atoms with van der Waals surface area (Å²) in [5.41, 5.74) is 4.57.